The van der Waals surface area contributed by atoms with Crippen LogP contribution in [0.1, 0.15) is 46.3 Å². The standard InChI is InChI=1S/C27H30N4.C13H14N4.C13H22N4/c1-4-10-24(11-5-1)22-28-16-18-30-20-21-31(27(30)26-14-8-3-9-15-26)19-17-29-23-25-12-6-2-7-13-25;1-14-10-16-8-9-17(11-15-2)13(16)12-6-4-3-5-7-12;14-6-8-16-10-11-17(9-7-15)13(16)12-4-2-1-3-5-12/h1-15,22-23,27H,16-21H2;3-7,13H,8-11H2;1-5,13H,6-11,14-15H2. The lowest BCUT2D eigenvalue weighted by Crippen LogP contribution is -2.36. The van der Waals surface area contributed by atoms with Crippen LogP contribution in [0.25, 0.3) is 9.69 Å². The summed E-state index contributed by atoms with van der Waals surface area (Å²) in [6, 6.07) is 52.1. The quantitative estimate of drug-likeness (QED) is 0.0776. The van der Waals surface area contributed by atoms with Crippen molar-refractivity contribution in [2.45, 2.75) is 18.5 Å². The summed E-state index contributed by atoms with van der Waals surface area (Å²) in [6.45, 7) is 27.6. The molecule has 12 heteroatoms. The SMILES string of the molecule is C(=NCCN1CCN(CCN=Cc2ccccc2)C1c1ccccc1)c1ccccc1.NCCN1CCN(CCN)C1c1ccccc1.[C-]#[N+]CN1CCN(C[N+]#[C-])C1c1ccccc1. The largest absolute Gasteiger partial charge is 0.329 e. The fourth-order valence-electron chi connectivity index (χ4n) is 8.87. The van der Waals surface area contributed by atoms with Crippen molar-refractivity contribution in [2.75, 3.05) is 105 Å². The fourth-order valence-corrected chi connectivity index (χ4v) is 8.87. The first-order valence-corrected chi connectivity index (χ1v) is 22.9. The number of hydrogen-bond acceptors (Lipinski definition) is 10. The van der Waals surface area contributed by atoms with E-state index >= 15 is 0 Å². The average molecular weight is 871 g/mol. The molecule has 0 spiro atoms. The molecule has 65 heavy (non-hydrogen) atoms. The van der Waals surface area contributed by atoms with Gasteiger partial charge in [0, 0.05) is 91.0 Å². The maximum Gasteiger partial charge on any atom is 0.272 e. The molecular formula is C53H66N12. The zero-order chi connectivity index (χ0) is 45.3. The molecule has 12 nitrogen and oxygen atoms in total. The van der Waals surface area contributed by atoms with Gasteiger partial charge in [-0.1, -0.05) is 152 Å². The minimum atomic E-state index is 0.0828. The second kappa shape index (κ2) is 27.4. The van der Waals surface area contributed by atoms with Crippen molar-refractivity contribution in [1.29, 1.82) is 0 Å². The Hall–Kier alpha value is -5.90. The highest BCUT2D eigenvalue weighted by Crippen LogP contribution is 2.31. The van der Waals surface area contributed by atoms with Crippen LogP contribution in [0.2, 0.25) is 0 Å². The maximum atomic E-state index is 6.99. The normalized spacial score (nSPS) is 18.1. The summed E-state index contributed by atoms with van der Waals surface area (Å²) in [7, 11) is 0. The van der Waals surface area contributed by atoms with E-state index in [1.54, 1.807) is 0 Å². The molecule has 3 saturated heterocycles. The molecule has 0 atom stereocenters. The van der Waals surface area contributed by atoms with Gasteiger partial charge in [-0.2, -0.15) is 0 Å². The van der Waals surface area contributed by atoms with Crippen LogP contribution in [-0.4, -0.2) is 147 Å². The highest BCUT2D eigenvalue weighted by Gasteiger charge is 2.36. The smallest absolute Gasteiger partial charge is 0.272 e. The topological polar surface area (TPSA) is 105 Å². The maximum absolute atomic E-state index is 6.99. The minimum absolute atomic E-state index is 0.0828. The Kier molecular flexibility index (Phi) is 20.5. The molecule has 3 aliphatic heterocycles. The minimum Gasteiger partial charge on any atom is -0.329 e. The number of aliphatic imine (C=N–C) groups is 2. The van der Waals surface area contributed by atoms with E-state index in [4.69, 9.17) is 24.6 Å². The van der Waals surface area contributed by atoms with Crippen LogP contribution in [0.5, 0.6) is 0 Å². The van der Waals surface area contributed by atoms with Crippen LogP contribution >= 0.6 is 0 Å². The number of hydrogen-bond donors (Lipinski definition) is 2. The van der Waals surface area contributed by atoms with Crippen LogP contribution in [-0.2, 0) is 0 Å². The molecule has 0 unspecified atom stereocenters. The monoisotopic (exact) mass is 871 g/mol. The molecule has 4 N–H and O–H groups in total. The van der Waals surface area contributed by atoms with E-state index in [2.05, 4.69) is 146 Å². The zero-order valence-corrected chi connectivity index (χ0v) is 37.8. The molecule has 3 fully saturated rings. The zero-order valence-electron chi connectivity index (χ0n) is 37.8. The third kappa shape index (κ3) is 14.8. The predicted octanol–water partition coefficient (Wildman–Crippen LogP) is 6.82. The van der Waals surface area contributed by atoms with Gasteiger partial charge < -0.3 is 11.5 Å². The molecule has 0 amide bonds. The molecule has 0 aromatic heterocycles. The number of nitrogens with zero attached hydrogens (tertiary/aromatic N) is 10. The Morgan fingerprint density at radius 1 is 0.415 bits per heavy atom. The second-order valence-corrected chi connectivity index (χ2v) is 16.2. The molecule has 3 aliphatic rings. The van der Waals surface area contributed by atoms with Crippen molar-refractivity contribution in [2.24, 2.45) is 21.5 Å². The summed E-state index contributed by atoms with van der Waals surface area (Å²) in [5.74, 6) is 0. The van der Waals surface area contributed by atoms with Gasteiger partial charge in [0.25, 0.3) is 13.3 Å². The summed E-state index contributed by atoms with van der Waals surface area (Å²) in [5, 5.41) is 0. The molecule has 8 rings (SSSR count). The van der Waals surface area contributed by atoms with Crippen LogP contribution in [0, 0.1) is 13.1 Å². The van der Waals surface area contributed by atoms with Gasteiger partial charge in [0.05, 0.1) is 25.4 Å². The molecule has 5 aromatic carbocycles. The fraction of sp³-hybridized carbons (Fsp3) is 0.358. The van der Waals surface area contributed by atoms with Crippen LogP contribution in [0.4, 0.5) is 0 Å². The van der Waals surface area contributed by atoms with E-state index in [1.165, 1.54) is 11.1 Å². The number of nitrogens with two attached hydrogens (primary N) is 2. The Morgan fingerprint density at radius 3 is 1.00 bits per heavy atom. The van der Waals surface area contributed by atoms with Gasteiger partial charge in [0.1, 0.15) is 6.17 Å². The van der Waals surface area contributed by atoms with Gasteiger partial charge in [-0.15, -0.1) is 0 Å². The van der Waals surface area contributed by atoms with Crippen LogP contribution in [0.3, 0.4) is 0 Å². The summed E-state index contributed by atoms with van der Waals surface area (Å²) < 4.78 is 0. The molecular weight excluding hydrogens is 805 g/mol. The highest BCUT2D eigenvalue weighted by atomic mass is 15.4. The molecule has 0 radical (unpaired) electrons. The summed E-state index contributed by atoms with van der Waals surface area (Å²) >= 11 is 0. The Balaban J connectivity index is 0.000000175. The summed E-state index contributed by atoms with van der Waals surface area (Å²) in [6.07, 6.45) is 4.68. The van der Waals surface area contributed by atoms with E-state index < -0.39 is 0 Å². The molecule has 5 aromatic rings. The van der Waals surface area contributed by atoms with Gasteiger partial charge in [-0.05, 0) is 27.8 Å². The van der Waals surface area contributed by atoms with Crippen molar-refractivity contribution in [3.8, 4) is 0 Å². The lowest BCUT2D eigenvalue weighted by Gasteiger charge is -2.30. The third-order valence-electron chi connectivity index (χ3n) is 11.8. The number of rotatable bonds is 17. The van der Waals surface area contributed by atoms with E-state index in [-0.39, 0.29) is 6.17 Å². The number of benzene rings is 5. The van der Waals surface area contributed by atoms with Gasteiger partial charge in [0.2, 0.25) is 0 Å². The first-order chi connectivity index (χ1) is 32.1. The Morgan fingerprint density at radius 2 is 0.692 bits per heavy atom. The van der Waals surface area contributed by atoms with Gasteiger partial charge >= 0.3 is 0 Å². The molecule has 0 bridgehead atoms. The summed E-state index contributed by atoms with van der Waals surface area (Å²) in [4.78, 5) is 30.4. The van der Waals surface area contributed by atoms with Crippen molar-refractivity contribution < 1.29 is 0 Å². The van der Waals surface area contributed by atoms with Gasteiger partial charge in [-0.25, -0.2) is 22.9 Å². The molecule has 338 valence electrons. The van der Waals surface area contributed by atoms with Crippen LogP contribution in [0.15, 0.2) is 162 Å². The first-order valence-electron chi connectivity index (χ1n) is 22.9. The second-order valence-electron chi connectivity index (χ2n) is 16.2. The molecule has 0 aliphatic carbocycles. The molecule has 3 heterocycles. The first kappa shape index (κ1) is 48.6. The van der Waals surface area contributed by atoms with Crippen molar-refractivity contribution in [1.82, 2.24) is 29.4 Å². The van der Waals surface area contributed by atoms with Gasteiger partial charge in [-0.3, -0.25) is 39.3 Å². The van der Waals surface area contributed by atoms with Gasteiger partial charge in [0.15, 0.2) is 0 Å². The molecule has 0 saturated carbocycles. The van der Waals surface area contributed by atoms with Crippen molar-refractivity contribution in [3.05, 3.63) is 202 Å². The Labute approximate surface area is 387 Å². The predicted molar refractivity (Wildman–Crippen MR) is 266 cm³/mol. The average Bonchev–Trinajstić information content (AvgIpc) is 4.08. The summed E-state index contributed by atoms with van der Waals surface area (Å²) in [5.41, 5.74) is 17.5. The van der Waals surface area contributed by atoms with E-state index in [1.807, 2.05) is 67.0 Å². The third-order valence-corrected chi connectivity index (χ3v) is 11.8. The lowest BCUT2D eigenvalue weighted by molar-refractivity contribution is 0.143. The van der Waals surface area contributed by atoms with E-state index in [0.717, 1.165) is 95.2 Å². The highest BCUT2D eigenvalue weighted by molar-refractivity contribution is 5.79. The van der Waals surface area contributed by atoms with E-state index in [9.17, 15) is 0 Å². The van der Waals surface area contributed by atoms with E-state index in [0.29, 0.717) is 38.8 Å². The Bertz CT molecular complexity index is 2100. The lowest BCUT2D eigenvalue weighted by atomic mass is 10.1. The van der Waals surface area contributed by atoms with Crippen LogP contribution < -0.4 is 11.5 Å². The van der Waals surface area contributed by atoms with Crippen molar-refractivity contribution >= 4 is 12.4 Å². The van der Waals surface area contributed by atoms with Crippen molar-refractivity contribution in [3.63, 3.8) is 0 Å².